The van der Waals surface area contributed by atoms with Crippen LogP contribution in [0.1, 0.15) is 25.8 Å². The van der Waals surface area contributed by atoms with E-state index in [-0.39, 0.29) is 16.4 Å². The van der Waals surface area contributed by atoms with Crippen LogP contribution in [-0.2, 0) is 6.54 Å². The summed E-state index contributed by atoms with van der Waals surface area (Å²) in [6, 6.07) is 4.74. The fraction of sp³-hybridized carbons (Fsp3) is 0.500. The van der Waals surface area contributed by atoms with E-state index in [1.54, 1.807) is 12.1 Å². The zero-order valence-corrected chi connectivity index (χ0v) is 10.4. The standard InChI is InChI=1S/C12H18ClFN2/c1-12(2,15)5-6-16-8-9-3-4-11(14)10(13)7-9/h3-4,7,16H,5-6,8,15H2,1-2H3. The third-order valence-electron chi connectivity index (χ3n) is 2.26. The average Bonchev–Trinajstić information content (AvgIpc) is 2.17. The highest BCUT2D eigenvalue weighted by molar-refractivity contribution is 6.30. The summed E-state index contributed by atoms with van der Waals surface area (Å²) in [5.41, 5.74) is 6.66. The molecule has 1 aromatic carbocycles. The molecule has 0 radical (unpaired) electrons. The predicted octanol–water partition coefficient (Wildman–Crippen LogP) is 2.70. The minimum absolute atomic E-state index is 0.159. The summed E-state index contributed by atoms with van der Waals surface area (Å²) in [6.07, 6.45) is 0.891. The quantitative estimate of drug-likeness (QED) is 0.782. The first-order valence-electron chi connectivity index (χ1n) is 5.32. The van der Waals surface area contributed by atoms with Crippen LogP contribution >= 0.6 is 11.6 Å². The van der Waals surface area contributed by atoms with Gasteiger partial charge in [-0.15, -0.1) is 0 Å². The number of hydrogen-bond donors (Lipinski definition) is 2. The van der Waals surface area contributed by atoms with Gasteiger partial charge in [-0.05, 0) is 44.5 Å². The first-order chi connectivity index (χ1) is 7.38. The van der Waals surface area contributed by atoms with E-state index in [1.165, 1.54) is 6.07 Å². The third-order valence-corrected chi connectivity index (χ3v) is 2.55. The Bertz CT molecular complexity index is 347. The molecule has 0 aliphatic rings. The molecule has 0 unspecified atom stereocenters. The minimum Gasteiger partial charge on any atom is -0.326 e. The second-order valence-corrected chi connectivity index (χ2v) is 5.07. The topological polar surface area (TPSA) is 38.0 Å². The molecule has 0 amide bonds. The number of halogens is 2. The molecular weight excluding hydrogens is 227 g/mol. The van der Waals surface area contributed by atoms with Gasteiger partial charge in [0.2, 0.25) is 0 Å². The average molecular weight is 245 g/mol. The van der Waals surface area contributed by atoms with Gasteiger partial charge < -0.3 is 11.1 Å². The van der Waals surface area contributed by atoms with Gasteiger partial charge in [-0.25, -0.2) is 4.39 Å². The zero-order valence-electron chi connectivity index (χ0n) is 9.69. The van der Waals surface area contributed by atoms with Crippen LogP contribution in [0.3, 0.4) is 0 Å². The monoisotopic (exact) mass is 244 g/mol. The molecule has 0 aliphatic carbocycles. The van der Waals surface area contributed by atoms with E-state index in [9.17, 15) is 4.39 Å². The Kier molecular flexibility index (Phi) is 4.71. The number of nitrogens with one attached hydrogen (secondary N) is 1. The molecule has 0 bridgehead atoms. The third kappa shape index (κ3) is 4.92. The molecule has 0 aliphatic heterocycles. The summed E-state index contributed by atoms with van der Waals surface area (Å²) in [5.74, 6) is -0.381. The first-order valence-corrected chi connectivity index (χ1v) is 5.70. The minimum atomic E-state index is -0.381. The van der Waals surface area contributed by atoms with Gasteiger partial charge in [0.1, 0.15) is 5.82 Å². The van der Waals surface area contributed by atoms with Crippen LogP contribution in [0.4, 0.5) is 4.39 Å². The summed E-state index contributed by atoms with van der Waals surface area (Å²) in [7, 11) is 0. The second-order valence-electron chi connectivity index (χ2n) is 4.66. The van der Waals surface area contributed by atoms with E-state index < -0.39 is 0 Å². The van der Waals surface area contributed by atoms with Gasteiger partial charge in [0.05, 0.1) is 5.02 Å². The van der Waals surface area contributed by atoms with E-state index in [2.05, 4.69) is 5.32 Å². The molecule has 0 aromatic heterocycles. The lowest BCUT2D eigenvalue weighted by Crippen LogP contribution is -2.35. The van der Waals surface area contributed by atoms with Crippen molar-refractivity contribution in [1.29, 1.82) is 0 Å². The molecule has 0 saturated heterocycles. The van der Waals surface area contributed by atoms with Crippen LogP contribution in [0, 0.1) is 5.82 Å². The predicted molar refractivity (Wildman–Crippen MR) is 66.0 cm³/mol. The molecule has 90 valence electrons. The van der Waals surface area contributed by atoms with Gasteiger partial charge in [0, 0.05) is 12.1 Å². The first kappa shape index (κ1) is 13.4. The fourth-order valence-corrected chi connectivity index (χ4v) is 1.50. The molecule has 1 aromatic rings. The molecule has 0 fully saturated rings. The Morgan fingerprint density at radius 3 is 2.69 bits per heavy atom. The smallest absolute Gasteiger partial charge is 0.141 e. The summed E-state index contributed by atoms with van der Waals surface area (Å²) in [5, 5.41) is 3.41. The van der Waals surface area contributed by atoms with E-state index in [0.717, 1.165) is 18.5 Å². The van der Waals surface area contributed by atoms with Gasteiger partial charge >= 0.3 is 0 Å². The number of rotatable bonds is 5. The van der Waals surface area contributed by atoms with Crippen LogP contribution in [0.15, 0.2) is 18.2 Å². The van der Waals surface area contributed by atoms with E-state index in [4.69, 9.17) is 17.3 Å². The maximum atomic E-state index is 12.9. The summed E-state index contributed by atoms with van der Waals surface area (Å²) < 4.78 is 12.9. The van der Waals surface area contributed by atoms with Crippen LogP contribution in [0.5, 0.6) is 0 Å². The van der Waals surface area contributed by atoms with Gasteiger partial charge in [-0.3, -0.25) is 0 Å². The van der Waals surface area contributed by atoms with Gasteiger partial charge in [0.15, 0.2) is 0 Å². The van der Waals surface area contributed by atoms with Crippen molar-refractivity contribution < 1.29 is 4.39 Å². The Morgan fingerprint density at radius 2 is 2.12 bits per heavy atom. The molecule has 16 heavy (non-hydrogen) atoms. The molecule has 0 atom stereocenters. The van der Waals surface area contributed by atoms with Crippen molar-refractivity contribution in [2.75, 3.05) is 6.54 Å². The van der Waals surface area contributed by atoms with Crippen LogP contribution < -0.4 is 11.1 Å². The van der Waals surface area contributed by atoms with Crippen molar-refractivity contribution in [2.45, 2.75) is 32.4 Å². The lowest BCUT2D eigenvalue weighted by atomic mass is 10.0. The van der Waals surface area contributed by atoms with Crippen molar-refractivity contribution in [2.24, 2.45) is 5.73 Å². The van der Waals surface area contributed by atoms with E-state index >= 15 is 0 Å². The largest absolute Gasteiger partial charge is 0.326 e. The van der Waals surface area contributed by atoms with Crippen molar-refractivity contribution in [3.05, 3.63) is 34.6 Å². The summed E-state index contributed by atoms with van der Waals surface area (Å²) in [4.78, 5) is 0. The van der Waals surface area contributed by atoms with Crippen molar-refractivity contribution in [1.82, 2.24) is 5.32 Å². The van der Waals surface area contributed by atoms with Gasteiger partial charge in [-0.1, -0.05) is 17.7 Å². The van der Waals surface area contributed by atoms with E-state index in [1.807, 2.05) is 13.8 Å². The molecule has 3 N–H and O–H groups in total. The van der Waals surface area contributed by atoms with Crippen LogP contribution in [0.2, 0.25) is 5.02 Å². The second kappa shape index (κ2) is 5.62. The van der Waals surface area contributed by atoms with Crippen molar-refractivity contribution in [3.8, 4) is 0 Å². The summed E-state index contributed by atoms with van der Waals surface area (Å²) in [6.45, 7) is 5.49. The van der Waals surface area contributed by atoms with Crippen molar-refractivity contribution >= 4 is 11.6 Å². The van der Waals surface area contributed by atoms with E-state index in [0.29, 0.717) is 6.54 Å². The highest BCUT2D eigenvalue weighted by Crippen LogP contribution is 2.15. The maximum Gasteiger partial charge on any atom is 0.141 e. The molecule has 0 heterocycles. The molecule has 1 rings (SSSR count). The van der Waals surface area contributed by atoms with Crippen LogP contribution in [0.25, 0.3) is 0 Å². The SMILES string of the molecule is CC(C)(N)CCNCc1ccc(F)c(Cl)c1. The Labute approximate surface area is 101 Å². The molecule has 2 nitrogen and oxygen atoms in total. The molecule has 4 heteroatoms. The lowest BCUT2D eigenvalue weighted by molar-refractivity contribution is 0.455. The Morgan fingerprint density at radius 1 is 1.44 bits per heavy atom. The van der Waals surface area contributed by atoms with Gasteiger partial charge in [0.25, 0.3) is 0 Å². The number of hydrogen-bond acceptors (Lipinski definition) is 2. The van der Waals surface area contributed by atoms with Crippen molar-refractivity contribution in [3.63, 3.8) is 0 Å². The Balaban J connectivity index is 2.35. The highest BCUT2D eigenvalue weighted by Gasteiger charge is 2.09. The fourth-order valence-electron chi connectivity index (χ4n) is 1.29. The molecular formula is C12H18ClFN2. The normalized spacial score (nSPS) is 11.8. The maximum absolute atomic E-state index is 12.9. The summed E-state index contributed by atoms with van der Waals surface area (Å²) >= 11 is 5.68. The molecule has 0 spiro atoms. The zero-order chi connectivity index (χ0) is 12.2. The molecule has 0 saturated carbocycles. The lowest BCUT2D eigenvalue weighted by Gasteiger charge is -2.18. The number of benzene rings is 1. The van der Waals surface area contributed by atoms with Crippen LogP contribution in [-0.4, -0.2) is 12.1 Å². The Hall–Kier alpha value is -0.640. The van der Waals surface area contributed by atoms with Gasteiger partial charge in [-0.2, -0.15) is 0 Å². The number of nitrogens with two attached hydrogens (primary N) is 1. The highest BCUT2D eigenvalue weighted by atomic mass is 35.5.